The minimum absolute atomic E-state index is 0.131. The third-order valence-corrected chi connectivity index (χ3v) is 7.43. The molecule has 4 aromatic rings. The molecule has 0 radical (unpaired) electrons. The number of nitrogens with zero attached hydrogens (tertiary/aromatic N) is 2. The van der Waals surface area contributed by atoms with E-state index in [9.17, 15) is 19.7 Å². The number of para-hydroxylation sites is 1. The third kappa shape index (κ3) is 5.28. The number of hydrogen-bond acceptors (Lipinski definition) is 6. The molecule has 2 amide bonds. The lowest BCUT2D eigenvalue weighted by molar-refractivity contribution is -0.385. The smallest absolute Gasteiger partial charge is 0.293 e. The second-order valence-electron chi connectivity index (χ2n) is 8.27. The molecule has 9 heteroatoms. The summed E-state index contributed by atoms with van der Waals surface area (Å²) in [5.74, 6) is 0.162. The van der Waals surface area contributed by atoms with E-state index in [1.165, 1.54) is 6.07 Å². The Balaban J connectivity index is 1.30. The lowest BCUT2D eigenvalue weighted by Gasteiger charge is -2.12. The molecular weight excluding hydrogens is 556 g/mol. The molecule has 7 nitrogen and oxygen atoms in total. The van der Waals surface area contributed by atoms with Gasteiger partial charge in [-0.2, -0.15) is 0 Å². The monoisotopic (exact) mass is 574 g/mol. The molecule has 0 saturated carbocycles. The standard InChI is InChI=1S/C28H19BrN2O5S/c29-23-14-18(12-13-25(23)36-17-21-9-5-8-19-6-1-3-10-22(19)21)15-26-27(32)30(28(33)37-26)16-20-7-2-4-11-24(20)31(34)35/h1-15H,16-17H2/b26-15-. The Hall–Kier alpha value is -3.95. The summed E-state index contributed by atoms with van der Waals surface area (Å²) in [6, 6.07) is 25.7. The maximum Gasteiger partial charge on any atom is 0.293 e. The number of fused-ring (bicyclic) bond motifs is 1. The van der Waals surface area contributed by atoms with Crippen LogP contribution in [0.3, 0.4) is 0 Å². The van der Waals surface area contributed by atoms with Crippen molar-refractivity contribution in [3.63, 3.8) is 0 Å². The normalized spacial score (nSPS) is 14.5. The molecule has 184 valence electrons. The maximum atomic E-state index is 12.9. The quantitative estimate of drug-likeness (QED) is 0.130. The molecule has 1 aliphatic rings. The van der Waals surface area contributed by atoms with E-state index >= 15 is 0 Å². The molecule has 0 aliphatic carbocycles. The summed E-state index contributed by atoms with van der Waals surface area (Å²) in [7, 11) is 0. The molecule has 1 saturated heterocycles. The first kappa shape index (κ1) is 24.7. The number of carbonyl (C=O) groups excluding carboxylic acids is 2. The number of thioether (sulfide) groups is 1. The Morgan fingerprint density at radius 2 is 1.68 bits per heavy atom. The Kier molecular flexibility index (Phi) is 7.07. The van der Waals surface area contributed by atoms with E-state index in [2.05, 4.69) is 34.1 Å². The maximum absolute atomic E-state index is 12.9. The van der Waals surface area contributed by atoms with E-state index in [4.69, 9.17) is 4.74 Å². The highest BCUT2D eigenvalue weighted by molar-refractivity contribution is 9.10. The number of halogens is 1. The minimum Gasteiger partial charge on any atom is -0.488 e. The molecule has 1 heterocycles. The van der Waals surface area contributed by atoms with Gasteiger partial charge < -0.3 is 4.74 Å². The molecule has 5 rings (SSSR count). The van der Waals surface area contributed by atoms with Crippen molar-refractivity contribution in [3.8, 4) is 5.75 Å². The van der Waals surface area contributed by atoms with Gasteiger partial charge in [0.2, 0.25) is 0 Å². The van der Waals surface area contributed by atoms with Crippen molar-refractivity contribution in [2.45, 2.75) is 13.2 Å². The summed E-state index contributed by atoms with van der Waals surface area (Å²) in [5.41, 5.74) is 1.95. The van der Waals surface area contributed by atoms with E-state index in [1.807, 2.05) is 30.3 Å². The highest BCUT2D eigenvalue weighted by Gasteiger charge is 2.36. The molecule has 1 fully saturated rings. The van der Waals surface area contributed by atoms with Crippen LogP contribution in [0.15, 0.2) is 94.3 Å². The fourth-order valence-corrected chi connectivity index (χ4v) is 5.43. The van der Waals surface area contributed by atoms with Crippen LogP contribution in [0.25, 0.3) is 16.8 Å². The zero-order chi connectivity index (χ0) is 25.9. The van der Waals surface area contributed by atoms with Gasteiger partial charge in [0.15, 0.2) is 0 Å². The Morgan fingerprint density at radius 1 is 0.946 bits per heavy atom. The highest BCUT2D eigenvalue weighted by Crippen LogP contribution is 2.36. The Bertz CT molecular complexity index is 1580. The lowest BCUT2D eigenvalue weighted by atomic mass is 10.1. The fourth-order valence-electron chi connectivity index (χ4n) is 4.08. The number of nitro benzene ring substituents is 1. The van der Waals surface area contributed by atoms with Crippen LogP contribution in [-0.4, -0.2) is 21.0 Å². The first-order valence-corrected chi connectivity index (χ1v) is 12.9. The van der Waals surface area contributed by atoms with Gasteiger partial charge in [0, 0.05) is 11.6 Å². The molecule has 4 aromatic carbocycles. The van der Waals surface area contributed by atoms with Gasteiger partial charge in [-0.05, 0) is 67.8 Å². The van der Waals surface area contributed by atoms with Crippen molar-refractivity contribution in [2.24, 2.45) is 0 Å². The van der Waals surface area contributed by atoms with Gasteiger partial charge in [-0.25, -0.2) is 0 Å². The van der Waals surface area contributed by atoms with Gasteiger partial charge in [0.05, 0.1) is 20.8 Å². The van der Waals surface area contributed by atoms with Gasteiger partial charge in [-0.3, -0.25) is 24.6 Å². The molecule has 0 unspecified atom stereocenters. The lowest BCUT2D eigenvalue weighted by Crippen LogP contribution is -2.27. The van der Waals surface area contributed by atoms with Crippen LogP contribution in [0, 0.1) is 10.1 Å². The van der Waals surface area contributed by atoms with E-state index in [1.54, 1.807) is 36.4 Å². The summed E-state index contributed by atoms with van der Waals surface area (Å²) in [6.07, 6.45) is 1.63. The predicted molar refractivity (Wildman–Crippen MR) is 147 cm³/mol. The van der Waals surface area contributed by atoms with E-state index < -0.39 is 16.1 Å². The molecule has 0 aromatic heterocycles. The van der Waals surface area contributed by atoms with E-state index in [0.717, 1.165) is 33.0 Å². The first-order valence-electron chi connectivity index (χ1n) is 11.3. The van der Waals surface area contributed by atoms with Crippen LogP contribution in [0.2, 0.25) is 0 Å². The summed E-state index contributed by atoms with van der Waals surface area (Å²) in [4.78, 5) is 37.5. The zero-order valence-corrected chi connectivity index (χ0v) is 21.7. The first-order chi connectivity index (χ1) is 17.9. The van der Waals surface area contributed by atoms with Crippen molar-refractivity contribution >= 4 is 61.4 Å². The van der Waals surface area contributed by atoms with E-state index in [0.29, 0.717) is 28.0 Å². The second kappa shape index (κ2) is 10.6. The largest absolute Gasteiger partial charge is 0.488 e. The number of benzene rings is 4. The van der Waals surface area contributed by atoms with Crippen LogP contribution < -0.4 is 4.74 Å². The number of ether oxygens (including phenoxy) is 1. The SMILES string of the molecule is O=C1S/C(=C\c2ccc(OCc3cccc4ccccc34)c(Br)c2)C(=O)N1Cc1ccccc1[N+](=O)[O-]. The number of nitro groups is 1. The number of amides is 2. The van der Waals surface area contributed by atoms with Gasteiger partial charge in [0.25, 0.3) is 16.8 Å². The summed E-state index contributed by atoms with van der Waals surface area (Å²) in [5, 5.41) is 13.1. The minimum atomic E-state index is -0.522. The average molecular weight is 575 g/mol. The average Bonchev–Trinajstić information content (AvgIpc) is 3.15. The van der Waals surface area contributed by atoms with E-state index in [-0.39, 0.29) is 17.1 Å². The van der Waals surface area contributed by atoms with Gasteiger partial charge in [-0.1, -0.05) is 66.7 Å². The number of carbonyl (C=O) groups is 2. The molecule has 0 N–H and O–H groups in total. The van der Waals surface area contributed by atoms with Crippen LogP contribution in [0.4, 0.5) is 10.5 Å². The van der Waals surface area contributed by atoms with Gasteiger partial charge in [0.1, 0.15) is 12.4 Å². The second-order valence-corrected chi connectivity index (χ2v) is 10.1. The Morgan fingerprint density at radius 3 is 2.49 bits per heavy atom. The van der Waals surface area contributed by atoms with Crippen LogP contribution in [-0.2, 0) is 17.9 Å². The summed E-state index contributed by atoms with van der Waals surface area (Å²) < 4.78 is 6.76. The van der Waals surface area contributed by atoms with Crippen molar-refractivity contribution in [1.82, 2.24) is 4.90 Å². The topological polar surface area (TPSA) is 89.8 Å². The number of rotatable bonds is 7. The van der Waals surface area contributed by atoms with Gasteiger partial charge >= 0.3 is 0 Å². The van der Waals surface area contributed by atoms with Crippen LogP contribution >= 0.6 is 27.7 Å². The van der Waals surface area contributed by atoms with Crippen LogP contribution in [0.5, 0.6) is 5.75 Å². The molecule has 1 aliphatic heterocycles. The van der Waals surface area contributed by atoms with Gasteiger partial charge in [-0.15, -0.1) is 0 Å². The van der Waals surface area contributed by atoms with Crippen molar-refractivity contribution in [3.05, 3.63) is 121 Å². The molecule has 0 atom stereocenters. The summed E-state index contributed by atoms with van der Waals surface area (Å²) in [6.45, 7) is 0.230. The predicted octanol–water partition coefficient (Wildman–Crippen LogP) is 7.33. The number of imide groups is 1. The van der Waals surface area contributed by atoms with Crippen LogP contribution in [0.1, 0.15) is 16.7 Å². The zero-order valence-electron chi connectivity index (χ0n) is 19.3. The fraction of sp³-hybridized carbons (Fsp3) is 0.0714. The summed E-state index contributed by atoms with van der Waals surface area (Å²) >= 11 is 4.35. The third-order valence-electron chi connectivity index (χ3n) is 5.91. The number of hydrogen-bond donors (Lipinski definition) is 0. The molecule has 0 spiro atoms. The van der Waals surface area contributed by atoms with Crippen molar-refractivity contribution in [2.75, 3.05) is 0 Å². The molecule has 37 heavy (non-hydrogen) atoms. The van der Waals surface area contributed by atoms with Crippen molar-refractivity contribution in [1.29, 1.82) is 0 Å². The molecular formula is C28H19BrN2O5S. The molecule has 0 bridgehead atoms. The Labute approximate surface area is 225 Å². The van der Waals surface area contributed by atoms with Crippen molar-refractivity contribution < 1.29 is 19.2 Å². The highest BCUT2D eigenvalue weighted by atomic mass is 79.9.